The molecule has 1 aromatic rings. The number of carbonyl (C=O) groups excluding carboxylic acids is 1. The van der Waals surface area contributed by atoms with Crippen LogP contribution in [0.4, 0.5) is 0 Å². The molecule has 5 atom stereocenters. The van der Waals surface area contributed by atoms with Crippen LogP contribution in [0.15, 0.2) is 29.8 Å². The Labute approximate surface area is 154 Å². The molecule has 1 fully saturated rings. The number of aliphatic hydroxyl groups is 3. The lowest BCUT2D eigenvalue weighted by atomic mass is 9.97. The van der Waals surface area contributed by atoms with Crippen molar-refractivity contribution in [3.63, 3.8) is 0 Å². The molecular weight excluding hydrogens is 362 g/mol. The van der Waals surface area contributed by atoms with Crippen molar-refractivity contribution in [1.82, 2.24) is 5.01 Å². The van der Waals surface area contributed by atoms with Crippen LogP contribution in [0.25, 0.3) is 0 Å². The van der Waals surface area contributed by atoms with E-state index in [9.17, 15) is 29.8 Å². The lowest BCUT2D eigenvalue weighted by Crippen LogP contribution is -2.63. The molecule has 1 aliphatic rings. The van der Waals surface area contributed by atoms with Crippen molar-refractivity contribution < 1.29 is 39.3 Å². The van der Waals surface area contributed by atoms with Gasteiger partial charge >= 0.3 is 5.97 Å². The van der Waals surface area contributed by atoms with Crippen molar-refractivity contribution in [2.45, 2.75) is 43.5 Å². The van der Waals surface area contributed by atoms with Gasteiger partial charge in [0.25, 0.3) is 6.23 Å². The minimum absolute atomic E-state index is 0.150. The molecule has 0 saturated carbocycles. The summed E-state index contributed by atoms with van der Waals surface area (Å²) in [6.45, 7) is 0.316. The largest absolute Gasteiger partial charge is 0.479 e. The van der Waals surface area contributed by atoms with Gasteiger partial charge in [-0.15, -0.1) is 4.91 Å². The minimum Gasteiger partial charge on any atom is -0.479 e. The summed E-state index contributed by atoms with van der Waals surface area (Å²) in [5.41, 5.74) is 0.280. The fourth-order valence-electron chi connectivity index (χ4n) is 2.78. The van der Waals surface area contributed by atoms with Crippen molar-refractivity contribution in [3.05, 3.63) is 35.0 Å². The second kappa shape index (κ2) is 8.95. The second-order valence-corrected chi connectivity index (χ2v) is 6.29. The zero-order chi connectivity index (χ0) is 20.1. The highest BCUT2D eigenvalue weighted by Crippen LogP contribution is 2.25. The van der Waals surface area contributed by atoms with Crippen LogP contribution in [-0.2, 0) is 9.53 Å². The smallest absolute Gasteiger partial charge is 0.335 e. The third kappa shape index (κ3) is 4.83. The number of nitrogens with zero attached hydrogens (tertiary/aromatic N) is 3. The number of aromatic nitrogens is 1. The zero-order valence-corrected chi connectivity index (χ0v) is 14.6. The second-order valence-electron chi connectivity index (χ2n) is 6.29. The first kappa shape index (κ1) is 20.8. The summed E-state index contributed by atoms with van der Waals surface area (Å²) in [5, 5.41) is 42.8. The molecule has 2 rings (SSSR count). The van der Waals surface area contributed by atoms with Gasteiger partial charge in [-0.1, -0.05) is 0 Å². The van der Waals surface area contributed by atoms with Gasteiger partial charge in [-0.2, -0.15) is 4.57 Å². The maximum absolute atomic E-state index is 12.3. The Balaban J connectivity index is 2.14. The zero-order valence-electron chi connectivity index (χ0n) is 14.6. The van der Waals surface area contributed by atoms with Crippen molar-refractivity contribution in [2.75, 3.05) is 13.6 Å². The van der Waals surface area contributed by atoms with Crippen molar-refractivity contribution in [2.24, 2.45) is 5.29 Å². The predicted molar refractivity (Wildman–Crippen MR) is 88.2 cm³/mol. The van der Waals surface area contributed by atoms with Crippen LogP contribution in [0.3, 0.4) is 0 Å². The molecule has 4 N–H and O–H groups in total. The summed E-state index contributed by atoms with van der Waals surface area (Å²) in [6, 6.07) is 3.05. The van der Waals surface area contributed by atoms with Gasteiger partial charge in [-0.25, -0.2) is 4.79 Å². The summed E-state index contributed by atoms with van der Waals surface area (Å²) < 4.78 is 6.49. The summed E-state index contributed by atoms with van der Waals surface area (Å²) >= 11 is 0. The number of rotatable bonds is 8. The number of hydrogen-bond acceptors (Lipinski definition) is 8. The van der Waals surface area contributed by atoms with Crippen LogP contribution in [0.2, 0.25) is 0 Å². The molecule has 0 aliphatic carbocycles. The van der Waals surface area contributed by atoms with Gasteiger partial charge in [-0.05, 0) is 12.5 Å². The molecule has 2 heterocycles. The number of Topliss-reactive ketones (excluding diaryl/α,β-unsaturated/α-hetero) is 1. The Morgan fingerprint density at radius 3 is 2.59 bits per heavy atom. The molecule has 11 heteroatoms. The summed E-state index contributed by atoms with van der Waals surface area (Å²) in [6.07, 6.45) is -4.79. The first-order valence-electron chi connectivity index (χ1n) is 8.27. The normalized spacial score (nSPS) is 27.8. The molecular formula is C16H22N3O8+. The van der Waals surface area contributed by atoms with Crippen molar-refractivity contribution in [1.29, 1.82) is 0 Å². The first-order valence-corrected chi connectivity index (χ1v) is 8.27. The van der Waals surface area contributed by atoms with Gasteiger partial charge in [0.05, 0.1) is 10.8 Å². The van der Waals surface area contributed by atoms with E-state index in [1.165, 1.54) is 41.2 Å². The van der Waals surface area contributed by atoms with Gasteiger partial charge in [0, 0.05) is 26.1 Å². The molecule has 0 aromatic carbocycles. The fraction of sp³-hybridized carbons (Fsp3) is 0.562. The number of carboxylic acids is 1. The number of ether oxygens (including phenoxy) is 1. The first-order chi connectivity index (χ1) is 12.8. The topological polar surface area (TPSA) is 161 Å². The number of aliphatic hydroxyl groups excluding tert-OH is 3. The van der Waals surface area contributed by atoms with Crippen LogP contribution in [-0.4, -0.2) is 75.2 Å². The number of carboxylic acid groups (broad SMARTS) is 1. The van der Waals surface area contributed by atoms with E-state index in [-0.39, 0.29) is 17.8 Å². The van der Waals surface area contributed by atoms with Gasteiger partial charge in [0.1, 0.15) is 12.2 Å². The van der Waals surface area contributed by atoms with E-state index >= 15 is 0 Å². The van der Waals surface area contributed by atoms with E-state index in [4.69, 9.17) is 9.84 Å². The molecule has 1 saturated heterocycles. The number of hydrogen-bond donors (Lipinski definition) is 4. The summed E-state index contributed by atoms with van der Waals surface area (Å²) in [7, 11) is 1.49. The van der Waals surface area contributed by atoms with Crippen LogP contribution < -0.4 is 4.57 Å². The highest BCUT2D eigenvalue weighted by Gasteiger charge is 2.51. The van der Waals surface area contributed by atoms with Gasteiger partial charge in [-0.3, -0.25) is 9.80 Å². The van der Waals surface area contributed by atoms with E-state index in [0.717, 1.165) is 0 Å². The maximum atomic E-state index is 12.3. The molecule has 27 heavy (non-hydrogen) atoms. The van der Waals surface area contributed by atoms with Gasteiger partial charge in [0.15, 0.2) is 30.4 Å². The Morgan fingerprint density at radius 2 is 1.96 bits per heavy atom. The lowest BCUT2D eigenvalue weighted by Gasteiger charge is -2.35. The van der Waals surface area contributed by atoms with E-state index in [1.807, 2.05) is 0 Å². The number of nitroso groups, excluding NO2 is 1. The molecule has 148 valence electrons. The third-order valence-electron chi connectivity index (χ3n) is 4.29. The number of ketones is 1. The van der Waals surface area contributed by atoms with E-state index in [0.29, 0.717) is 13.0 Å². The Kier molecular flexibility index (Phi) is 6.91. The molecule has 1 aromatic heterocycles. The van der Waals surface area contributed by atoms with E-state index < -0.39 is 36.6 Å². The SMILES string of the molecule is CN(CCCC(=O)c1ccc[n+]([C@@H]2OC(C(=O)O)[C@@H](O)C(O)[C@H]2O)c1)N=O. The van der Waals surface area contributed by atoms with Gasteiger partial charge < -0.3 is 25.2 Å². The van der Waals surface area contributed by atoms with E-state index in [2.05, 4.69) is 5.29 Å². The number of aliphatic carboxylic acids is 1. The molecule has 0 amide bonds. The summed E-state index contributed by atoms with van der Waals surface area (Å²) in [5.74, 6) is -1.72. The highest BCUT2D eigenvalue weighted by atomic mass is 16.6. The number of carbonyl (C=O) groups is 2. The third-order valence-corrected chi connectivity index (χ3v) is 4.29. The molecule has 0 spiro atoms. The highest BCUT2D eigenvalue weighted by molar-refractivity contribution is 5.95. The standard InChI is InChI=1S/C16H21N3O8/c1-18(17-26)6-3-5-10(20)9-4-2-7-19(8-9)15-13(23)11(21)12(22)14(27-15)16(24)25/h2,4,7-8,11-15,21-23H,3,5-6H2,1H3/p+1/t11?,12-,13+,14?,15+/m0/s1. The maximum Gasteiger partial charge on any atom is 0.335 e. The van der Waals surface area contributed by atoms with E-state index in [1.54, 1.807) is 0 Å². The van der Waals surface area contributed by atoms with Crippen LogP contribution in [0, 0.1) is 4.91 Å². The Hall–Kier alpha value is -2.47. The molecule has 0 radical (unpaired) electrons. The van der Waals surface area contributed by atoms with Crippen LogP contribution >= 0.6 is 0 Å². The van der Waals surface area contributed by atoms with Crippen LogP contribution in [0.1, 0.15) is 29.4 Å². The lowest BCUT2D eigenvalue weighted by molar-refractivity contribution is -0.777. The van der Waals surface area contributed by atoms with Gasteiger partial charge in [0.2, 0.25) is 0 Å². The average Bonchev–Trinajstić information content (AvgIpc) is 2.65. The molecule has 2 unspecified atom stereocenters. The Bertz CT molecular complexity index is 700. The minimum atomic E-state index is -1.79. The average molecular weight is 384 g/mol. The van der Waals surface area contributed by atoms with Crippen molar-refractivity contribution in [3.8, 4) is 0 Å². The predicted octanol–water partition coefficient (Wildman–Crippen LogP) is -1.39. The monoisotopic (exact) mass is 384 g/mol. The molecule has 11 nitrogen and oxygen atoms in total. The fourth-order valence-corrected chi connectivity index (χ4v) is 2.78. The molecule has 1 aliphatic heterocycles. The number of pyridine rings is 1. The quantitative estimate of drug-likeness (QED) is 0.183. The Morgan fingerprint density at radius 1 is 1.26 bits per heavy atom. The summed E-state index contributed by atoms with van der Waals surface area (Å²) in [4.78, 5) is 33.8. The van der Waals surface area contributed by atoms with Crippen molar-refractivity contribution >= 4 is 11.8 Å². The van der Waals surface area contributed by atoms with Crippen LogP contribution in [0.5, 0.6) is 0 Å². The molecule has 0 bridgehead atoms.